The maximum Gasteiger partial charge on any atom is 0.306 e. The number of ether oxygens (including phenoxy) is 1. The molecule has 62 heavy (non-hydrogen) atoms. The van der Waals surface area contributed by atoms with Gasteiger partial charge < -0.3 is 20.3 Å². The third-order valence-corrected chi connectivity index (χ3v) is 11.1. The molecule has 354 valence electrons. The third kappa shape index (κ3) is 43.4. The molecule has 0 aromatic carbocycles. The number of nitrogens with one attached hydrogen (secondary N) is 1. The zero-order chi connectivity index (χ0) is 45.2. The van der Waals surface area contributed by atoms with E-state index in [4.69, 9.17) is 4.74 Å². The molecule has 1 amide bonds. The summed E-state index contributed by atoms with van der Waals surface area (Å²) < 4.78 is 5.87. The van der Waals surface area contributed by atoms with E-state index < -0.39 is 18.2 Å². The summed E-state index contributed by atoms with van der Waals surface area (Å²) in [6, 6.07) is -0.733. The first-order valence-electron chi connectivity index (χ1n) is 25.6. The minimum absolute atomic E-state index is 0.0209. The Morgan fingerprint density at radius 3 is 1.34 bits per heavy atom. The Hall–Kier alpha value is -3.22. The first-order chi connectivity index (χ1) is 30.5. The van der Waals surface area contributed by atoms with Crippen LogP contribution in [-0.4, -0.2) is 46.9 Å². The minimum Gasteiger partial charge on any atom is -0.462 e. The molecule has 0 saturated carbocycles. The second-order valence-corrected chi connectivity index (χ2v) is 17.0. The van der Waals surface area contributed by atoms with Gasteiger partial charge in [-0.15, -0.1) is 0 Å². The third-order valence-electron chi connectivity index (χ3n) is 11.1. The summed E-state index contributed by atoms with van der Waals surface area (Å²) in [7, 11) is 0. The van der Waals surface area contributed by atoms with E-state index in [9.17, 15) is 19.8 Å². The maximum absolute atomic E-state index is 13.2. The van der Waals surface area contributed by atoms with Gasteiger partial charge in [-0.05, 0) is 64.2 Å². The Bertz CT molecular complexity index is 1240. The van der Waals surface area contributed by atoms with Crippen LogP contribution in [0.2, 0.25) is 0 Å². The van der Waals surface area contributed by atoms with Crippen LogP contribution < -0.4 is 5.32 Å². The minimum atomic E-state index is -0.815. The lowest BCUT2D eigenvalue weighted by Gasteiger charge is -2.24. The molecule has 3 unspecified atom stereocenters. The topological polar surface area (TPSA) is 95.9 Å². The Balaban J connectivity index is 4.77. The standard InChI is InChI=1S/C56H95NO5/c1-4-7-10-13-16-19-22-25-27-28-30-32-35-38-41-44-47-52(62-56(61)49-46-43-40-37-34-29-24-21-18-15-12-9-6-3)50-55(60)57-53(51-58)54(59)48-45-42-39-36-33-31-26-23-20-17-14-11-8-5-2/h9,12,15,18,21-22,24-25,27-30,32,34,37,40,52-54,58-59H,4-8,10-11,13-14,16-17,19-20,23,26,31,33,35-36,38-39,41-51H2,1-3H3,(H,57,60)/b12-9+,18-15+,24-21-,25-22+,28-27+,32-30+,34-29-,40-37+. The van der Waals surface area contributed by atoms with Crippen molar-refractivity contribution in [3.05, 3.63) is 97.2 Å². The van der Waals surface area contributed by atoms with Crippen molar-refractivity contribution < 1.29 is 24.5 Å². The molecule has 3 N–H and O–H groups in total. The number of amides is 1. The highest BCUT2D eigenvalue weighted by atomic mass is 16.5. The molecular formula is C56H95NO5. The van der Waals surface area contributed by atoms with Gasteiger partial charge in [0.05, 0.1) is 25.2 Å². The number of unbranched alkanes of at least 4 members (excludes halogenated alkanes) is 22. The smallest absolute Gasteiger partial charge is 0.306 e. The van der Waals surface area contributed by atoms with Gasteiger partial charge in [0.2, 0.25) is 5.91 Å². The van der Waals surface area contributed by atoms with Crippen molar-refractivity contribution in [3.63, 3.8) is 0 Å². The molecule has 0 fully saturated rings. The first kappa shape index (κ1) is 58.8. The number of aliphatic hydroxyl groups excluding tert-OH is 2. The van der Waals surface area contributed by atoms with E-state index in [-0.39, 0.29) is 31.3 Å². The van der Waals surface area contributed by atoms with E-state index in [1.165, 1.54) is 103 Å². The van der Waals surface area contributed by atoms with Crippen molar-refractivity contribution in [2.75, 3.05) is 6.61 Å². The second kappa shape index (κ2) is 48.8. The molecule has 6 heteroatoms. The Morgan fingerprint density at radius 1 is 0.484 bits per heavy atom. The molecular weight excluding hydrogens is 767 g/mol. The summed E-state index contributed by atoms with van der Waals surface area (Å²) in [5.74, 6) is -0.603. The summed E-state index contributed by atoms with van der Waals surface area (Å²) in [4.78, 5) is 26.1. The van der Waals surface area contributed by atoms with Crippen molar-refractivity contribution in [1.82, 2.24) is 5.32 Å². The van der Waals surface area contributed by atoms with Crippen LogP contribution in [0.15, 0.2) is 97.2 Å². The average molecular weight is 862 g/mol. The largest absolute Gasteiger partial charge is 0.462 e. The summed E-state index contributed by atoms with van der Waals surface area (Å²) in [5.41, 5.74) is 0. The summed E-state index contributed by atoms with van der Waals surface area (Å²) >= 11 is 0. The fraction of sp³-hybridized carbons (Fsp3) is 0.679. The first-order valence-corrected chi connectivity index (χ1v) is 25.6. The SMILES string of the molecule is CC/C=C/C=C/C=C\C=C/C=C/CCCC(=O)OC(CCCCC/C=C/C=C/C=C/CCCCCCC)CC(=O)NC(CO)C(O)CCCCCCCCCCCCCCCC. The van der Waals surface area contributed by atoms with Crippen molar-refractivity contribution in [2.24, 2.45) is 0 Å². The average Bonchev–Trinajstić information content (AvgIpc) is 3.26. The lowest BCUT2D eigenvalue weighted by Crippen LogP contribution is -2.46. The van der Waals surface area contributed by atoms with Crippen molar-refractivity contribution in [1.29, 1.82) is 0 Å². The summed E-state index contributed by atoms with van der Waals surface area (Å²) in [6.45, 7) is 6.29. The molecule has 0 rings (SSSR count). The summed E-state index contributed by atoms with van der Waals surface area (Å²) in [6.07, 6.45) is 64.7. The van der Waals surface area contributed by atoms with Gasteiger partial charge in [0.25, 0.3) is 0 Å². The van der Waals surface area contributed by atoms with Gasteiger partial charge in [-0.25, -0.2) is 0 Å². The number of esters is 1. The highest BCUT2D eigenvalue weighted by Gasteiger charge is 2.24. The summed E-state index contributed by atoms with van der Waals surface area (Å²) in [5, 5.41) is 23.7. The molecule has 0 aromatic rings. The van der Waals surface area contributed by atoms with Crippen LogP contribution in [0, 0.1) is 0 Å². The van der Waals surface area contributed by atoms with Crippen molar-refractivity contribution in [3.8, 4) is 0 Å². The number of allylic oxidation sites excluding steroid dienone is 16. The van der Waals surface area contributed by atoms with Gasteiger partial charge in [-0.1, -0.05) is 240 Å². The van der Waals surface area contributed by atoms with Crippen LogP contribution in [0.3, 0.4) is 0 Å². The number of hydrogen-bond acceptors (Lipinski definition) is 5. The number of carbonyl (C=O) groups excluding carboxylic acids is 2. The lowest BCUT2D eigenvalue weighted by molar-refractivity contribution is -0.151. The quantitative estimate of drug-likeness (QED) is 0.0322. The monoisotopic (exact) mass is 862 g/mol. The van der Waals surface area contributed by atoms with Gasteiger partial charge in [0, 0.05) is 6.42 Å². The van der Waals surface area contributed by atoms with E-state index in [0.29, 0.717) is 19.3 Å². The number of aliphatic hydroxyl groups is 2. The fourth-order valence-corrected chi connectivity index (χ4v) is 7.23. The van der Waals surface area contributed by atoms with E-state index in [2.05, 4.69) is 68.6 Å². The van der Waals surface area contributed by atoms with Crippen LogP contribution in [0.1, 0.15) is 220 Å². The van der Waals surface area contributed by atoms with Gasteiger partial charge in [-0.2, -0.15) is 0 Å². The molecule has 0 bridgehead atoms. The molecule has 3 atom stereocenters. The fourth-order valence-electron chi connectivity index (χ4n) is 7.23. The number of carbonyl (C=O) groups is 2. The van der Waals surface area contributed by atoms with Crippen LogP contribution >= 0.6 is 0 Å². The molecule has 0 spiro atoms. The molecule has 0 aliphatic rings. The highest BCUT2D eigenvalue weighted by Crippen LogP contribution is 2.17. The normalized spacial score (nSPS) is 14.1. The van der Waals surface area contributed by atoms with Crippen molar-refractivity contribution >= 4 is 11.9 Å². The Labute approximate surface area is 382 Å². The molecule has 0 radical (unpaired) electrons. The Morgan fingerprint density at radius 2 is 0.871 bits per heavy atom. The zero-order valence-electron chi connectivity index (χ0n) is 40.2. The molecule has 0 saturated heterocycles. The van der Waals surface area contributed by atoms with Crippen LogP contribution in [0.4, 0.5) is 0 Å². The van der Waals surface area contributed by atoms with Gasteiger partial charge in [0.15, 0.2) is 0 Å². The molecule has 0 aromatic heterocycles. The maximum atomic E-state index is 13.2. The number of hydrogen-bond donors (Lipinski definition) is 3. The van der Waals surface area contributed by atoms with Crippen LogP contribution in [0.5, 0.6) is 0 Å². The van der Waals surface area contributed by atoms with Crippen molar-refractivity contribution in [2.45, 2.75) is 238 Å². The molecule has 0 aliphatic carbocycles. The van der Waals surface area contributed by atoms with Crippen LogP contribution in [0.25, 0.3) is 0 Å². The predicted octanol–water partition coefficient (Wildman–Crippen LogP) is 15.3. The highest BCUT2D eigenvalue weighted by molar-refractivity contribution is 5.77. The predicted molar refractivity (Wildman–Crippen MR) is 268 cm³/mol. The van der Waals surface area contributed by atoms with E-state index in [0.717, 1.165) is 64.2 Å². The number of rotatable bonds is 44. The van der Waals surface area contributed by atoms with E-state index >= 15 is 0 Å². The molecule has 0 heterocycles. The van der Waals surface area contributed by atoms with Crippen LogP contribution in [-0.2, 0) is 14.3 Å². The van der Waals surface area contributed by atoms with E-state index in [1.54, 1.807) is 0 Å². The van der Waals surface area contributed by atoms with Gasteiger partial charge in [0.1, 0.15) is 6.10 Å². The lowest BCUT2D eigenvalue weighted by atomic mass is 10.0. The molecule has 6 nitrogen and oxygen atoms in total. The second-order valence-electron chi connectivity index (χ2n) is 17.0. The van der Waals surface area contributed by atoms with E-state index in [1.807, 2.05) is 54.7 Å². The zero-order valence-corrected chi connectivity index (χ0v) is 40.2. The Kier molecular flexibility index (Phi) is 46.3. The van der Waals surface area contributed by atoms with Gasteiger partial charge in [-0.3, -0.25) is 9.59 Å². The van der Waals surface area contributed by atoms with Gasteiger partial charge >= 0.3 is 5.97 Å². The molecule has 0 aliphatic heterocycles.